The van der Waals surface area contributed by atoms with E-state index in [9.17, 15) is 4.39 Å². The van der Waals surface area contributed by atoms with Crippen molar-refractivity contribution in [1.29, 1.82) is 0 Å². The lowest BCUT2D eigenvalue weighted by Crippen LogP contribution is -1.94. The molecule has 0 spiro atoms. The van der Waals surface area contributed by atoms with Crippen molar-refractivity contribution >= 4 is 22.8 Å². The van der Waals surface area contributed by atoms with Crippen LogP contribution in [0.2, 0.25) is 5.28 Å². The van der Waals surface area contributed by atoms with Gasteiger partial charge < -0.3 is 9.72 Å². The van der Waals surface area contributed by atoms with Crippen LogP contribution < -0.4 is 4.74 Å². The molecule has 0 atom stereocenters. The van der Waals surface area contributed by atoms with Crippen molar-refractivity contribution in [1.82, 2.24) is 19.9 Å². The number of nitrogens with zero attached hydrogens (tertiary/aromatic N) is 3. The van der Waals surface area contributed by atoms with Gasteiger partial charge in [0.1, 0.15) is 22.8 Å². The molecule has 2 heterocycles. The molecule has 0 radical (unpaired) electrons. The van der Waals surface area contributed by atoms with Crippen LogP contribution in [0.4, 0.5) is 4.39 Å². The molecule has 0 fully saturated rings. The van der Waals surface area contributed by atoms with E-state index in [1.54, 1.807) is 6.07 Å². The number of rotatable bonds is 2. The Morgan fingerprint density at radius 2 is 2.16 bits per heavy atom. The van der Waals surface area contributed by atoms with Crippen molar-refractivity contribution in [3.05, 3.63) is 35.6 Å². The van der Waals surface area contributed by atoms with E-state index in [1.807, 2.05) is 0 Å². The van der Waals surface area contributed by atoms with Crippen LogP contribution in [0, 0.1) is 5.82 Å². The predicted octanol–water partition coefficient (Wildman–Crippen LogP) is 2.82. The summed E-state index contributed by atoms with van der Waals surface area (Å²) in [6.07, 6.45) is 1.46. The fourth-order valence-electron chi connectivity index (χ4n) is 1.81. The van der Waals surface area contributed by atoms with E-state index in [1.165, 1.54) is 25.6 Å². The number of hydrogen-bond donors (Lipinski definition) is 1. The highest BCUT2D eigenvalue weighted by molar-refractivity contribution is 6.28. The average Bonchev–Trinajstić information content (AvgIpc) is 2.86. The lowest BCUT2D eigenvalue weighted by atomic mass is 10.1. The SMILES string of the molecule is COc1ccc(F)c(-c2nc(Cl)nc3nc[nH]c23)c1. The molecular weight excluding hydrogens is 271 g/mol. The van der Waals surface area contributed by atoms with Crippen molar-refractivity contribution < 1.29 is 9.13 Å². The van der Waals surface area contributed by atoms with E-state index in [0.29, 0.717) is 22.6 Å². The summed E-state index contributed by atoms with van der Waals surface area (Å²) in [7, 11) is 1.51. The minimum atomic E-state index is -0.425. The molecule has 3 rings (SSSR count). The Hall–Kier alpha value is -2.21. The highest BCUT2D eigenvalue weighted by atomic mass is 35.5. The number of nitrogens with one attached hydrogen (secondary N) is 1. The molecule has 0 aliphatic carbocycles. The number of methoxy groups -OCH3 is 1. The molecule has 0 amide bonds. The summed E-state index contributed by atoms with van der Waals surface area (Å²) in [5, 5.41) is 0.0109. The highest BCUT2D eigenvalue weighted by Crippen LogP contribution is 2.30. The van der Waals surface area contributed by atoms with Gasteiger partial charge in [-0.2, -0.15) is 4.98 Å². The third kappa shape index (κ3) is 2.00. The minimum Gasteiger partial charge on any atom is -0.497 e. The van der Waals surface area contributed by atoms with E-state index in [-0.39, 0.29) is 10.8 Å². The van der Waals surface area contributed by atoms with E-state index in [2.05, 4.69) is 19.9 Å². The standard InChI is InChI=1S/C12H8ClFN4O/c1-19-6-2-3-8(14)7(4-6)9-10-11(16-5-15-10)18-12(13)17-9/h2-5H,1H3,(H,15,16,17,18). The molecule has 0 bridgehead atoms. The summed E-state index contributed by atoms with van der Waals surface area (Å²) in [6, 6.07) is 4.40. The number of fused-ring (bicyclic) bond motifs is 1. The largest absolute Gasteiger partial charge is 0.497 e. The summed E-state index contributed by atoms with van der Waals surface area (Å²) < 4.78 is 19.1. The average molecular weight is 279 g/mol. The molecule has 5 nitrogen and oxygen atoms in total. The highest BCUT2D eigenvalue weighted by Gasteiger charge is 2.15. The smallest absolute Gasteiger partial charge is 0.225 e. The Labute approximate surface area is 112 Å². The summed E-state index contributed by atoms with van der Waals surface area (Å²) >= 11 is 5.83. The molecular formula is C12H8ClFN4O. The molecule has 0 aliphatic heterocycles. The number of aromatic nitrogens is 4. The Balaban J connectivity index is 2.32. The molecule has 3 aromatic rings. The van der Waals surface area contributed by atoms with Crippen LogP contribution in [0.15, 0.2) is 24.5 Å². The molecule has 19 heavy (non-hydrogen) atoms. The van der Waals surface area contributed by atoms with Gasteiger partial charge in [-0.1, -0.05) is 0 Å². The maximum absolute atomic E-state index is 14.0. The normalized spacial score (nSPS) is 10.9. The van der Waals surface area contributed by atoms with Crippen LogP contribution >= 0.6 is 11.6 Å². The summed E-state index contributed by atoms with van der Waals surface area (Å²) in [5.74, 6) is 0.102. The molecule has 1 N–H and O–H groups in total. The molecule has 1 aromatic carbocycles. The van der Waals surface area contributed by atoms with Crippen LogP contribution in [-0.4, -0.2) is 27.0 Å². The zero-order valence-electron chi connectivity index (χ0n) is 9.82. The van der Waals surface area contributed by atoms with Crippen LogP contribution in [-0.2, 0) is 0 Å². The first-order valence-electron chi connectivity index (χ1n) is 5.39. The number of ether oxygens (including phenoxy) is 1. The molecule has 0 unspecified atom stereocenters. The van der Waals surface area contributed by atoms with Crippen LogP contribution in [0.25, 0.3) is 22.4 Å². The van der Waals surface area contributed by atoms with Gasteiger partial charge in [-0.3, -0.25) is 0 Å². The van der Waals surface area contributed by atoms with E-state index >= 15 is 0 Å². The topological polar surface area (TPSA) is 63.7 Å². The Bertz CT molecular complexity index is 759. The van der Waals surface area contributed by atoms with Crippen LogP contribution in [0.1, 0.15) is 0 Å². The number of imidazole rings is 1. The zero-order valence-corrected chi connectivity index (χ0v) is 10.6. The fourth-order valence-corrected chi connectivity index (χ4v) is 1.98. The first-order chi connectivity index (χ1) is 9.19. The van der Waals surface area contributed by atoms with Gasteiger partial charge in [0.2, 0.25) is 5.28 Å². The maximum atomic E-state index is 14.0. The van der Waals surface area contributed by atoms with Crippen LogP contribution in [0.3, 0.4) is 0 Å². The summed E-state index contributed by atoms with van der Waals surface area (Å²) in [5.41, 5.74) is 1.54. The lowest BCUT2D eigenvalue weighted by Gasteiger charge is -2.06. The second-order valence-corrected chi connectivity index (χ2v) is 4.13. The summed E-state index contributed by atoms with van der Waals surface area (Å²) in [6.45, 7) is 0. The second-order valence-electron chi connectivity index (χ2n) is 3.79. The first kappa shape index (κ1) is 11.9. The van der Waals surface area contributed by atoms with Crippen molar-refractivity contribution in [2.75, 3.05) is 7.11 Å². The Morgan fingerprint density at radius 3 is 2.95 bits per heavy atom. The number of hydrogen-bond acceptors (Lipinski definition) is 4. The fraction of sp³-hybridized carbons (Fsp3) is 0.0833. The van der Waals surface area contributed by atoms with E-state index in [4.69, 9.17) is 16.3 Å². The van der Waals surface area contributed by atoms with Gasteiger partial charge >= 0.3 is 0 Å². The number of benzene rings is 1. The molecule has 0 saturated carbocycles. The predicted molar refractivity (Wildman–Crippen MR) is 68.6 cm³/mol. The van der Waals surface area contributed by atoms with Crippen molar-refractivity contribution in [3.8, 4) is 17.0 Å². The Kier molecular flexibility index (Phi) is 2.79. The van der Waals surface area contributed by atoms with Crippen molar-refractivity contribution in [2.45, 2.75) is 0 Å². The van der Waals surface area contributed by atoms with Crippen LogP contribution in [0.5, 0.6) is 5.75 Å². The zero-order chi connectivity index (χ0) is 13.4. The molecule has 0 aliphatic rings. The maximum Gasteiger partial charge on any atom is 0.225 e. The van der Waals surface area contributed by atoms with Gasteiger partial charge in [0.25, 0.3) is 0 Å². The third-order valence-corrected chi connectivity index (χ3v) is 2.86. The molecule has 7 heteroatoms. The van der Waals surface area contributed by atoms with E-state index in [0.717, 1.165) is 0 Å². The number of H-pyrrole nitrogens is 1. The van der Waals surface area contributed by atoms with Crippen molar-refractivity contribution in [3.63, 3.8) is 0 Å². The van der Waals surface area contributed by atoms with Gasteiger partial charge in [0.15, 0.2) is 5.65 Å². The number of aromatic amines is 1. The molecule has 96 valence electrons. The van der Waals surface area contributed by atoms with Gasteiger partial charge in [0, 0.05) is 5.56 Å². The van der Waals surface area contributed by atoms with E-state index < -0.39 is 5.82 Å². The first-order valence-corrected chi connectivity index (χ1v) is 5.77. The van der Waals surface area contributed by atoms with Gasteiger partial charge in [-0.25, -0.2) is 14.4 Å². The summed E-state index contributed by atoms with van der Waals surface area (Å²) in [4.78, 5) is 14.9. The molecule has 2 aromatic heterocycles. The van der Waals surface area contributed by atoms with Gasteiger partial charge in [0.05, 0.1) is 13.4 Å². The lowest BCUT2D eigenvalue weighted by molar-refractivity contribution is 0.414. The Morgan fingerprint density at radius 1 is 1.32 bits per heavy atom. The third-order valence-electron chi connectivity index (χ3n) is 2.69. The van der Waals surface area contributed by atoms with Gasteiger partial charge in [-0.05, 0) is 29.8 Å². The molecule has 0 saturated heterocycles. The van der Waals surface area contributed by atoms with Gasteiger partial charge in [-0.15, -0.1) is 0 Å². The number of halogens is 2. The monoisotopic (exact) mass is 278 g/mol. The second kappa shape index (κ2) is 4.47. The quantitative estimate of drug-likeness (QED) is 0.732. The van der Waals surface area contributed by atoms with Crippen molar-refractivity contribution in [2.24, 2.45) is 0 Å². The minimum absolute atomic E-state index is 0.0109.